The van der Waals surface area contributed by atoms with Gasteiger partial charge in [0, 0.05) is 4.47 Å². The van der Waals surface area contributed by atoms with E-state index in [9.17, 15) is 4.79 Å². The van der Waals surface area contributed by atoms with Crippen molar-refractivity contribution < 1.29 is 4.79 Å². The Morgan fingerprint density at radius 1 is 1.26 bits per heavy atom. The molecule has 6 heteroatoms. The highest BCUT2D eigenvalue weighted by atomic mass is 79.9. The van der Waals surface area contributed by atoms with Crippen molar-refractivity contribution in [1.29, 1.82) is 0 Å². The minimum Gasteiger partial charge on any atom is -0.320 e. The summed E-state index contributed by atoms with van der Waals surface area (Å²) in [6.07, 6.45) is 0. The molecule has 0 aliphatic rings. The molecular weight excluding hydrogens is 351 g/mol. The summed E-state index contributed by atoms with van der Waals surface area (Å²) >= 11 is 15.1. The fourth-order valence-electron chi connectivity index (χ4n) is 1.49. The maximum Gasteiger partial charge on any atom is 0.275 e. The molecule has 2 aromatic rings. The van der Waals surface area contributed by atoms with E-state index in [1.165, 1.54) is 12.1 Å². The average Bonchev–Trinajstić information content (AvgIpc) is 2.36. The molecule has 1 amide bonds. The first-order valence-corrected chi connectivity index (χ1v) is 6.92. The van der Waals surface area contributed by atoms with Gasteiger partial charge in [0.25, 0.3) is 5.91 Å². The molecule has 2 rings (SSSR count). The van der Waals surface area contributed by atoms with E-state index in [1.807, 2.05) is 25.1 Å². The lowest BCUT2D eigenvalue weighted by atomic mass is 10.2. The third kappa shape index (κ3) is 3.47. The summed E-state index contributed by atoms with van der Waals surface area (Å²) in [5.41, 5.74) is 1.79. The molecule has 3 nitrogen and oxygen atoms in total. The molecule has 1 aromatic heterocycles. The van der Waals surface area contributed by atoms with Crippen LogP contribution in [0, 0.1) is 6.92 Å². The van der Waals surface area contributed by atoms with Gasteiger partial charge in [-0.1, -0.05) is 29.3 Å². The Labute approximate surface area is 129 Å². The van der Waals surface area contributed by atoms with Crippen LogP contribution < -0.4 is 5.32 Å². The van der Waals surface area contributed by atoms with Crippen LogP contribution in [0.2, 0.25) is 10.2 Å². The van der Waals surface area contributed by atoms with Gasteiger partial charge in [-0.3, -0.25) is 4.79 Å². The smallest absolute Gasteiger partial charge is 0.275 e. The number of rotatable bonds is 2. The van der Waals surface area contributed by atoms with Gasteiger partial charge in [0.05, 0.1) is 10.7 Å². The normalized spacial score (nSPS) is 10.3. The van der Waals surface area contributed by atoms with Gasteiger partial charge in [-0.25, -0.2) is 4.98 Å². The molecule has 0 saturated carbocycles. The summed E-state index contributed by atoms with van der Waals surface area (Å²) in [4.78, 5) is 16.0. The molecule has 0 unspecified atom stereocenters. The molecule has 0 aliphatic carbocycles. The third-order valence-corrected chi connectivity index (χ3v) is 3.60. The van der Waals surface area contributed by atoms with E-state index in [0.717, 1.165) is 10.0 Å². The molecule has 1 heterocycles. The number of aryl methyl sites for hydroxylation is 1. The lowest BCUT2D eigenvalue weighted by molar-refractivity contribution is 0.102. The lowest BCUT2D eigenvalue weighted by Gasteiger charge is -2.09. The van der Waals surface area contributed by atoms with Gasteiger partial charge in [0.15, 0.2) is 0 Å². The number of nitrogens with one attached hydrogen (secondary N) is 1. The van der Waals surface area contributed by atoms with Crippen molar-refractivity contribution in [3.05, 3.63) is 56.2 Å². The predicted molar refractivity (Wildman–Crippen MR) is 81.1 cm³/mol. The summed E-state index contributed by atoms with van der Waals surface area (Å²) < 4.78 is 0.782. The Balaban J connectivity index is 2.30. The SMILES string of the molecule is Cc1ccc(Br)c(NC(=O)c2nc(Cl)ccc2Cl)c1. The average molecular weight is 360 g/mol. The summed E-state index contributed by atoms with van der Waals surface area (Å²) in [5, 5.41) is 3.22. The Morgan fingerprint density at radius 2 is 2.00 bits per heavy atom. The fraction of sp³-hybridized carbons (Fsp3) is 0.0769. The molecule has 0 saturated heterocycles. The Bertz CT molecular complexity index is 647. The minimum absolute atomic E-state index is 0.0996. The van der Waals surface area contributed by atoms with Gasteiger partial charge in [-0.05, 0) is 52.7 Å². The zero-order valence-electron chi connectivity index (χ0n) is 9.88. The van der Waals surface area contributed by atoms with Crippen molar-refractivity contribution in [3.63, 3.8) is 0 Å². The van der Waals surface area contributed by atoms with Gasteiger partial charge in [-0.15, -0.1) is 0 Å². The molecule has 1 N–H and O–H groups in total. The van der Waals surface area contributed by atoms with Crippen molar-refractivity contribution in [2.24, 2.45) is 0 Å². The highest BCUT2D eigenvalue weighted by Crippen LogP contribution is 2.25. The van der Waals surface area contributed by atoms with E-state index in [0.29, 0.717) is 5.69 Å². The molecule has 0 spiro atoms. The second-order valence-electron chi connectivity index (χ2n) is 3.90. The number of anilines is 1. The van der Waals surface area contributed by atoms with E-state index in [2.05, 4.69) is 26.2 Å². The molecular formula is C13H9BrCl2N2O. The highest BCUT2D eigenvalue weighted by molar-refractivity contribution is 9.10. The van der Waals surface area contributed by atoms with E-state index in [1.54, 1.807) is 0 Å². The number of hydrogen-bond donors (Lipinski definition) is 1. The largest absolute Gasteiger partial charge is 0.320 e. The first-order valence-electron chi connectivity index (χ1n) is 5.37. The van der Waals surface area contributed by atoms with Crippen LogP contribution in [0.4, 0.5) is 5.69 Å². The van der Waals surface area contributed by atoms with Gasteiger partial charge in [0.2, 0.25) is 0 Å². The zero-order chi connectivity index (χ0) is 14.0. The van der Waals surface area contributed by atoms with Crippen LogP contribution in [0.25, 0.3) is 0 Å². The Hall–Kier alpha value is -1.10. The third-order valence-electron chi connectivity index (χ3n) is 2.40. The summed E-state index contributed by atoms with van der Waals surface area (Å²) in [7, 11) is 0. The zero-order valence-corrected chi connectivity index (χ0v) is 13.0. The Kier molecular flexibility index (Phi) is 4.45. The maximum atomic E-state index is 12.1. The van der Waals surface area contributed by atoms with Crippen molar-refractivity contribution in [3.8, 4) is 0 Å². The van der Waals surface area contributed by atoms with Crippen LogP contribution in [0.3, 0.4) is 0 Å². The molecule has 0 atom stereocenters. The van der Waals surface area contributed by atoms with Crippen LogP contribution in [-0.2, 0) is 0 Å². The van der Waals surface area contributed by atoms with Crippen molar-refractivity contribution >= 4 is 50.7 Å². The second kappa shape index (κ2) is 5.90. The van der Waals surface area contributed by atoms with Crippen LogP contribution in [0.15, 0.2) is 34.8 Å². The first kappa shape index (κ1) is 14.3. The number of halogens is 3. The predicted octanol–water partition coefficient (Wildman–Crippen LogP) is 4.71. The molecule has 98 valence electrons. The second-order valence-corrected chi connectivity index (χ2v) is 5.55. The molecule has 0 radical (unpaired) electrons. The quantitative estimate of drug-likeness (QED) is 0.789. The molecule has 0 aliphatic heterocycles. The topological polar surface area (TPSA) is 42.0 Å². The van der Waals surface area contributed by atoms with E-state index >= 15 is 0 Å². The fourth-order valence-corrected chi connectivity index (χ4v) is 2.18. The molecule has 1 aromatic carbocycles. The number of amides is 1. The molecule has 0 bridgehead atoms. The van der Waals surface area contributed by atoms with Gasteiger partial charge in [-0.2, -0.15) is 0 Å². The molecule has 19 heavy (non-hydrogen) atoms. The van der Waals surface area contributed by atoms with Crippen LogP contribution >= 0.6 is 39.1 Å². The minimum atomic E-state index is -0.404. The summed E-state index contributed by atoms with van der Waals surface area (Å²) in [5.74, 6) is -0.404. The van der Waals surface area contributed by atoms with E-state index in [4.69, 9.17) is 23.2 Å². The van der Waals surface area contributed by atoms with Crippen molar-refractivity contribution in [2.75, 3.05) is 5.32 Å². The monoisotopic (exact) mass is 358 g/mol. The number of carbonyl (C=O) groups excluding carboxylic acids is 1. The number of carbonyl (C=O) groups is 1. The van der Waals surface area contributed by atoms with E-state index in [-0.39, 0.29) is 15.9 Å². The maximum absolute atomic E-state index is 12.1. The molecule has 0 fully saturated rings. The number of hydrogen-bond acceptors (Lipinski definition) is 2. The van der Waals surface area contributed by atoms with Crippen molar-refractivity contribution in [1.82, 2.24) is 4.98 Å². The van der Waals surface area contributed by atoms with Crippen molar-refractivity contribution in [2.45, 2.75) is 6.92 Å². The summed E-state index contributed by atoms with van der Waals surface area (Å²) in [6, 6.07) is 8.71. The van der Waals surface area contributed by atoms with Crippen LogP contribution in [-0.4, -0.2) is 10.9 Å². The van der Waals surface area contributed by atoms with Gasteiger partial charge < -0.3 is 5.32 Å². The first-order chi connectivity index (χ1) is 8.97. The summed E-state index contributed by atoms with van der Waals surface area (Å²) in [6.45, 7) is 1.94. The number of nitrogens with zero attached hydrogens (tertiary/aromatic N) is 1. The number of aromatic nitrogens is 1. The van der Waals surface area contributed by atoms with E-state index < -0.39 is 5.91 Å². The number of pyridine rings is 1. The highest BCUT2D eigenvalue weighted by Gasteiger charge is 2.14. The standard InChI is InChI=1S/C13H9BrCl2N2O/c1-7-2-3-8(14)10(6-7)17-13(19)12-9(15)4-5-11(16)18-12/h2-6H,1H3,(H,17,19). The lowest BCUT2D eigenvalue weighted by Crippen LogP contribution is -2.14. The van der Waals surface area contributed by atoms with Gasteiger partial charge >= 0.3 is 0 Å². The van der Waals surface area contributed by atoms with Gasteiger partial charge in [0.1, 0.15) is 10.8 Å². The van der Waals surface area contributed by atoms with Crippen LogP contribution in [0.1, 0.15) is 16.1 Å². The van der Waals surface area contributed by atoms with Crippen LogP contribution in [0.5, 0.6) is 0 Å². The Morgan fingerprint density at radius 3 is 2.74 bits per heavy atom. The number of benzene rings is 1.